The third-order valence-electron chi connectivity index (χ3n) is 8.20. The van der Waals surface area contributed by atoms with Gasteiger partial charge in [0, 0.05) is 33.8 Å². The Labute approximate surface area is 246 Å². The Morgan fingerprint density at radius 2 is 1.93 bits per heavy atom. The van der Waals surface area contributed by atoms with Crippen LogP contribution in [-0.2, 0) is 9.84 Å². The molecule has 1 N–H and O–H groups in total. The van der Waals surface area contributed by atoms with Crippen LogP contribution in [0.3, 0.4) is 0 Å². The van der Waals surface area contributed by atoms with Crippen molar-refractivity contribution in [2.45, 2.75) is 61.5 Å². The summed E-state index contributed by atoms with van der Waals surface area (Å²) in [6.07, 6.45) is 4.10. The number of aryl methyl sites for hydroxylation is 2. The van der Waals surface area contributed by atoms with E-state index in [1.54, 1.807) is 35.3 Å². The maximum absolute atomic E-state index is 15.1. The van der Waals surface area contributed by atoms with Crippen molar-refractivity contribution in [1.29, 1.82) is 0 Å². The number of carbonyl (C=O) groups excluding carboxylic acids is 1. The highest BCUT2D eigenvalue weighted by atomic mass is 32.2. The fourth-order valence-electron chi connectivity index (χ4n) is 5.88. The molecule has 2 aromatic carbocycles. The lowest BCUT2D eigenvalue weighted by Crippen LogP contribution is -2.29. The summed E-state index contributed by atoms with van der Waals surface area (Å²) in [5.74, 6) is -0.424. The van der Waals surface area contributed by atoms with Crippen LogP contribution in [0.25, 0.3) is 22.2 Å². The molecular formula is C31H28FN5O3S2. The molecule has 11 heteroatoms. The molecular weight excluding hydrogens is 574 g/mol. The van der Waals surface area contributed by atoms with E-state index in [2.05, 4.69) is 15.6 Å². The number of halogens is 1. The highest BCUT2D eigenvalue weighted by molar-refractivity contribution is 7.94. The number of nitrogens with one attached hydrogen (secondary N) is 1. The number of anilines is 1. The minimum Gasteiger partial charge on any atom is -0.322 e. The number of carbonyl (C=O) groups is 1. The van der Waals surface area contributed by atoms with Crippen molar-refractivity contribution >= 4 is 43.7 Å². The molecule has 4 heterocycles. The number of sulfone groups is 1. The monoisotopic (exact) mass is 601 g/mol. The smallest absolute Gasteiger partial charge is 0.256 e. The number of thiophene rings is 1. The Kier molecular flexibility index (Phi) is 6.28. The van der Waals surface area contributed by atoms with Crippen LogP contribution in [0.4, 0.5) is 10.1 Å². The van der Waals surface area contributed by atoms with E-state index in [9.17, 15) is 13.2 Å². The molecule has 0 radical (unpaired) electrons. The summed E-state index contributed by atoms with van der Waals surface area (Å²) >= 11 is 1.20. The van der Waals surface area contributed by atoms with Gasteiger partial charge in [0.05, 0.1) is 28.6 Å². The van der Waals surface area contributed by atoms with Gasteiger partial charge in [-0.3, -0.25) is 9.78 Å². The normalized spacial score (nSPS) is 19.5. The second kappa shape index (κ2) is 9.81. The number of pyridine rings is 1. The third-order valence-corrected chi connectivity index (χ3v) is 11.9. The van der Waals surface area contributed by atoms with E-state index in [1.165, 1.54) is 23.5 Å². The first-order valence-electron chi connectivity index (χ1n) is 13.9. The summed E-state index contributed by atoms with van der Waals surface area (Å²) in [6.45, 7) is 5.69. The molecule has 1 aliphatic heterocycles. The molecule has 1 saturated carbocycles. The van der Waals surface area contributed by atoms with Crippen molar-refractivity contribution in [2.75, 3.05) is 5.32 Å². The van der Waals surface area contributed by atoms with Crippen LogP contribution in [0.2, 0.25) is 0 Å². The van der Waals surface area contributed by atoms with E-state index in [-0.39, 0.29) is 23.2 Å². The largest absolute Gasteiger partial charge is 0.322 e. The standard InChI is InChI=1S/C31H28FN5O3S2/c1-16-10-17(2)29-23(14-25(19-4-5-19)34-26(29)11-16)30(38)33-20-6-7-24(32)22(13-20)27-15-37(36-35-27)28-12-18(3)42(39,40)31-21(28)8-9-41-31/h6-11,13-15,18-19,28H,4-5,12H2,1-3H3,(H,33,38)/t18-,28-/m0/s1. The molecule has 8 nitrogen and oxygen atoms in total. The van der Waals surface area contributed by atoms with Gasteiger partial charge in [-0.25, -0.2) is 17.5 Å². The van der Waals surface area contributed by atoms with Crippen LogP contribution in [0.5, 0.6) is 0 Å². The van der Waals surface area contributed by atoms with Crippen molar-refractivity contribution in [3.8, 4) is 11.3 Å². The minimum atomic E-state index is -3.38. The van der Waals surface area contributed by atoms with E-state index >= 15 is 4.39 Å². The van der Waals surface area contributed by atoms with Crippen LogP contribution in [0.15, 0.2) is 58.3 Å². The topological polar surface area (TPSA) is 107 Å². The molecule has 2 aliphatic rings. The van der Waals surface area contributed by atoms with Gasteiger partial charge in [0.1, 0.15) is 15.7 Å². The van der Waals surface area contributed by atoms with Crippen LogP contribution < -0.4 is 5.32 Å². The predicted octanol–water partition coefficient (Wildman–Crippen LogP) is 6.60. The maximum atomic E-state index is 15.1. The lowest BCUT2D eigenvalue weighted by Gasteiger charge is -2.26. The van der Waals surface area contributed by atoms with Crippen molar-refractivity contribution in [2.24, 2.45) is 0 Å². The summed E-state index contributed by atoms with van der Waals surface area (Å²) in [5, 5.41) is 13.4. The number of aromatic nitrogens is 4. The Hall–Kier alpha value is -3.96. The number of nitrogens with zero attached hydrogens (tertiary/aromatic N) is 4. The van der Waals surface area contributed by atoms with Crippen molar-refractivity contribution in [3.05, 3.63) is 87.8 Å². The van der Waals surface area contributed by atoms with Crippen molar-refractivity contribution in [3.63, 3.8) is 0 Å². The number of rotatable bonds is 5. The summed E-state index contributed by atoms with van der Waals surface area (Å²) in [4.78, 5) is 18.5. The number of fused-ring (bicyclic) bond motifs is 2. The van der Waals surface area contributed by atoms with E-state index in [1.807, 2.05) is 32.0 Å². The molecule has 214 valence electrons. The maximum Gasteiger partial charge on any atom is 0.256 e. The average Bonchev–Trinajstić information content (AvgIpc) is 3.46. The van der Waals surface area contributed by atoms with Gasteiger partial charge < -0.3 is 5.32 Å². The van der Waals surface area contributed by atoms with Gasteiger partial charge in [-0.05, 0) is 92.9 Å². The molecule has 0 saturated heterocycles. The Bertz CT molecular complexity index is 2010. The summed E-state index contributed by atoms with van der Waals surface area (Å²) in [7, 11) is -3.38. The van der Waals surface area contributed by atoms with Gasteiger partial charge in [0.15, 0.2) is 9.84 Å². The average molecular weight is 602 g/mol. The summed E-state index contributed by atoms with van der Waals surface area (Å²) in [6, 6.07) is 11.8. The van der Waals surface area contributed by atoms with Gasteiger partial charge in [0.2, 0.25) is 0 Å². The zero-order valence-corrected chi connectivity index (χ0v) is 24.9. The van der Waals surface area contributed by atoms with Crippen LogP contribution in [0, 0.1) is 19.7 Å². The second-order valence-electron chi connectivity index (χ2n) is 11.3. The molecule has 2 atom stereocenters. The number of hydrogen-bond acceptors (Lipinski definition) is 7. The number of benzene rings is 2. The van der Waals surface area contributed by atoms with Gasteiger partial charge >= 0.3 is 0 Å². The molecule has 0 bridgehead atoms. The molecule has 5 aromatic rings. The molecule has 42 heavy (non-hydrogen) atoms. The molecule has 0 spiro atoms. The van der Waals surface area contributed by atoms with Crippen LogP contribution >= 0.6 is 11.3 Å². The van der Waals surface area contributed by atoms with Gasteiger partial charge in [-0.2, -0.15) is 0 Å². The highest BCUT2D eigenvalue weighted by Gasteiger charge is 2.38. The first-order chi connectivity index (χ1) is 20.1. The molecule has 1 amide bonds. The molecule has 3 aromatic heterocycles. The van der Waals surface area contributed by atoms with E-state index in [0.717, 1.165) is 40.6 Å². The molecule has 7 rings (SSSR count). The van der Waals surface area contributed by atoms with Crippen molar-refractivity contribution in [1.82, 2.24) is 20.0 Å². The molecule has 1 aliphatic carbocycles. The summed E-state index contributed by atoms with van der Waals surface area (Å²) < 4.78 is 42.6. The van der Waals surface area contributed by atoms with Gasteiger partial charge in [0.25, 0.3) is 5.91 Å². The highest BCUT2D eigenvalue weighted by Crippen LogP contribution is 2.42. The zero-order chi connectivity index (χ0) is 29.3. The first kappa shape index (κ1) is 26.9. The lowest BCUT2D eigenvalue weighted by molar-refractivity contribution is 0.102. The second-order valence-corrected chi connectivity index (χ2v) is 14.8. The Morgan fingerprint density at radius 1 is 1.12 bits per heavy atom. The van der Waals surface area contributed by atoms with E-state index < -0.39 is 20.9 Å². The fraction of sp³-hybridized carbons (Fsp3) is 0.290. The Balaban J connectivity index is 1.21. The van der Waals surface area contributed by atoms with Gasteiger partial charge in [-0.1, -0.05) is 11.3 Å². The lowest BCUT2D eigenvalue weighted by atomic mass is 9.99. The van der Waals surface area contributed by atoms with Gasteiger partial charge in [-0.15, -0.1) is 16.4 Å². The fourth-order valence-corrected chi connectivity index (χ4v) is 9.09. The van der Waals surface area contributed by atoms with Crippen molar-refractivity contribution < 1.29 is 17.6 Å². The van der Waals surface area contributed by atoms with E-state index in [4.69, 9.17) is 4.98 Å². The number of amides is 1. The third kappa shape index (κ3) is 4.51. The molecule has 0 unspecified atom stereocenters. The van der Waals surface area contributed by atoms with E-state index in [0.29, 0.717) is 33.4 Å². The Morgan fingerprint density at radius 3 is 2.71 bits per heavy atom. The van der Waals surface area contributed by atoms with Crippen LogP contribution in [0.1, 0.15) is 70.9 Å². The molecule has 1 fully saturated rings. The first-order valence-corrected chi connectivity index (χ1v) is 16.3. The SMILES string of the molecule is Cc1cc(C)c2c(C(=O)Nc3ccc(F)c(-c4cn([C@H]5C[C@H](C)S(=O)(=O)c6sccc65)nn4)c3)cc(C3CC3)nc2c1. The predicted molar refractivity (Wildman–Crippen MR) is 160 cm³/mol. The zero-order valence-electron chi connectivity index (χ0n) is 23.3. The number of hydrogen-bond donors (Lipinski definition) is 1. The quantitative estimate of drug-likeness (QED) is 0.243. The minimum absolute atomic E-state index is 0.186. The summed E-state index contributed by atoms with van der Waals surface area (Å²) in [5.41, 5.74) is 5.91. The van der Waals surface area contributed by atoms with Crippen LogP contribution in [-0.4, -0.2) is 39.6 Å².